The Kier molecular flexibility index (Phi) is 40.4. The molecule has 128 heavy (non-hydrogen) atoms. The van der Waals surface area contributed by atoms with Gasteiger partial charge in [0, 0.05) is 39.2 Å². The van der Waals surface area contributed by atoms with E-state index in [4.69, 9.17) is 17.2 Å². The van der Waals surface area contributed by atoms with Crippen molar-refractivity contribution in [3.05, 3.63) is 35.9 Å². The maximum atomic E-state index is 14.6. The summed E-state index contributed by atoms with van der Waals surface area (Å²) >= 11 is 0. The van der Waals surface area contributed by atoms with Crippen molar-refractivity contribution in [1.29, 1.82) is 0 Å². The second-order valence-corrected chi connectivity index (χ2v) is 37.3. The van der Waals surface area contributed by atoms with Gasteiger partial charge < -0.3 is 123 Å². The topological polar surface area (TPSA) is 702 Å². The first-order valence-corrected chi connectivity index (χ1v) is 41.7. The van der Waals surface area contributed by atoms with Crippen LogP contribution in [-0.4, -0.2) is 263 Å². The molecule has 716 valence electrons. The molecule has 1 aliphatic rings. The van der Waals surface area contributed by atoms with Gasteiger partial charge >= 0.3 is 5.97 Å². The number of aliphatic hydroxyl groups excluding tert-OH is 1. The van der Waals surface area contributed by atoms with Gasteiger partial charge in [-0.2, -0.15) is 0 Å². The zero-order valence-corrected chi connectivity index (χ0v) is 77.4. The van der Waals surface area contributed by atoms with Gasteiger partial charge in [0.25, 0.3) is 0 Å². The number of carbonyl (C=O) groups excluding carboxylic acids is 21. The lowest BCUT2D eigenvalue weighted by atomic mass is 9.95. The Bertz CT molecular complexity index is 4330. The second kappa shape index (κ2) is 46.3. The predicted molar refractivity (Wildman–Crippen MR) is 461 cm³/mol. The highest BCUT2D eigenvalue weighted by atomic mass is 16.4. The molecule has 0 saturated carbocycles. The van der Waals surface area contributed by atoms with E-state index >= 15 is 0 Å². The highest BCUT2D eigenvalue weighted by molar-refractivity contribution is 6.05. The largest absolute Gasteiger partial charge is 0.480 e. The maximum Gasteiger partial charge on any atom is 0.326 e. The summed E-state index contributed by atoms with van der Waals surface area (Å²) in [6.45, 7) is 29.2. The third-order valence-electron chi connectivity index (χ3n) is 20.5. The Balaban J connectivity index is 2.23. The summed E-state index contributed by atoms with van der Waals surface area (Å²) < 4.78 is 0. The average molecular weight is 1810 g/mol. The molecule has 1 aromatic rings. The average Bonchev–Trinajstić information content (AvgIpc) is 1.58. The number of aliphatic carboxylic acids is 1. The van der Waals surface area contributed by atoms with Crippen LogP contribution in [0.5, 0.6) is 0 Å². The summed E-state index contributed by atoms with van der Waals surface area (Å²) in [5, 5.41) is 62.4. The molecule has 0 radical (unpaired) electrons. The zero-order valence-electron chi connectivity index (χ0n) is 77.4. The molecule has 45 heteroatoms. The number of carboxylic acid groups (broad SMARTS) is 1. The van der Waals surface area contributed by atoms with Gasteiger partial charge in [0.2, 0.25) is 124 Å². The van der Waals surface area contributed by atoms with Gasteiger partial charge in [-0.25, -0.2) is 4.79 Å². The molecule has 0 spiro atoms. The molecule has 1 aromatic carbocycles. The molecule has 25 N–H and O–H groups in total. The Morgan fingerprint density at radius 3 is 1.15 bits per heavy atom. The van der Waals surface area contributed by atoms with Gasteiger partial charge in [0.1, 0.15) is 98.2 Å². The number of nitrogens with zero attached hydrogens (tertiary/aromatic N) is 1. The van der Waals surface area contributed by atoms with E-state index in [2.05, 4.69) is 90.4 Å². The molecule has 0 aromatic heterocycles. The Labute approximate surface area is 744 Å². The molecule has 2 rings (SSSR count). The first kappa shape index (κ1) is 112. The van der Waals surface area contributed by atoms with Crippen LogP contribution in [0.15, 0.2) is 30.3 Å². The fourth-order valence-electron chi connectivity index (χ4n) is 12.5. The van der Waals surface area contributed by atoms with Crippen molar-refractivity contribution in [1.82, 2.24) is 95.3 Å². The summed E-state index contributed by atoms with van der Waals surface area (Å²) in [5.74, 6) is -21.6. The number of amides is 21. The normalized spacial score (nSPS) is 15.0. The first-order chi connectivity index (χ1) is 58.4. The molecule has 8 atom stereocenters. The fourth-order valence-corrected chi connectivity index (χ4v) is 12.5. The lowest BCUT2D eigenvalue weighted by Crippen LogP contribution is -2.68. The number of primary amides is 3. The van der Waals surface area contributed by atoms with Crippen LogP contribution in [-0.2, 0) is 112 Å². The van der Waals surface area contributed by atoms with E-state index in [1.54, 1.807) is 58.0 Å². The Morgan fingerprint density at radius 1 is 0.398 bits per heavy atom. The zero-order chi connectivity index (χ0) is 98.9. The van der Waals surface area contributed by atoms with Gasteiger partial charge in [0.15, 0.2) is 0 Å². The van der Waals surface area contributed by atoms with E-state index in [1.807, 2.05) is 0 Å². The first-order valence-electron chi connectivity index (χ1n) is 41.7. The van der Waals surface area contributed by atoms with Crippen molar-refractivity contribution in [2.24, 2.45) is 29.0 Å². The van der Waals surface area contributed by atoms with E-state index < -0.39 is 286 Å². The monoisotopic (exact) mass is 1810 g/mol. The molecular weight excluding hydrogens is 1680 g/mol. The van der Waals surface area contributed by atoms with Crippen molar-refractivity contribution in [2.75, 3.05) is 19.7 Å². The number of nitrogens with one attached hydrogen (secondary N) is 17. The molecule has 45 nitrogen and oxygen atoms in total. The van der Waals surface area contributed by atoms with Crippen LogP contribution in [0.2, 0.25) is 0 Å². The Hall–Kier alpha value is -12.5. The minimum Gasteiger partial charge on any atom is -0.480 e. The number of aliphatic hydroxyl groups is 1. The molecular formula is C83H135N21O24. The van der Waals surface area contributed by atoms with Crippen LogP contribution in [0.3, 0.4) is 0 Å². The van der Waals surface area contributed by atoms with Gasteiger partial charge in [0.05, 0.1) is 13.2 Å². The van der Waals surface area contributed by atoms with Crippen LogP contribution in [0, 0.1) is 11.8 Å². The predicted octanol–water partition coefficient (Wildman–Crippen LogP) is -5.62. The van der Waals surface area contributed by atoms with E-state index in [0.717, 1.165) is 0 Å². The SMILES string of the molecule is CC(=O)NC(C)(C)C(=O)NCC(=O)N[C@@H](Cc1ccccc1)C(=O)NC(C)(C)C(=O)NC(C)(C)C(=O)N[C@@H](CCC(N)=O)C(=O)NC(C)(C)C(=O)NC(C)(C)C(=O)NC(C)(C)C(=O)N[C@@H](CO)C(=O)N[C@@H](CC(C)C)C(=O)NC(C)(C)C(=O)N1CCC[C@H]1C(=O)N[C@H](C(=O)NC(C)(C)C(=O)NC(C)(C)C(=O)N[C@@H](CCC(N)=O)C(=O)N[C@@H](CCC(N)=O)C(=O)O)C(C)C. The molecule has 21 amide bonds. The summed E-state index contributed by atoms with van der Waals surface area (Å²) in [6, 6.07) is -3.52. The van der Waals surface area contributed by atoms with Crippen LogP contribution in [0.1, 0.15) is 223 Å². The molecule has 1 heterocycles. The summed E-state index contributed by atoms with van der Waals surface area (Å²) in [4.78, 5) is 297. The number of hydrogen-bond donors (Lipinski definition) is 22. The quantitative estimate of drug-likeness (QED) is 0.0289. The molecule has 0 bridgehead atoms. The molecule has 1 fully saturated rings. The third-order valence-corrected chi connectivity index (χ3v) is 20.5. The molecule has 1 aliphatic heterocycles. The number of nitrogens with two attached hydrogens (primary N) is 3. The van der Waals surface area contributed by atoms with Gasteiger partial charge in [-0.05, 0) is 181 Å². The lowest BCUT2D eigenvalue weighted by Gasteiger charge is -2.36. The van der Waals surface area contributed by atoms with Crippen molar-refractivity contribution in [3.8, 4) is 0 Å². The summed E-state index contributed by atoms with van der Waals surface area (Å²) in [6.07, 6.45) is -2.40. The number of carbonyl (C=O) groups is 22. The van der Waals surface area contributed by atoms with E-state index in [0.29, 0.717) is 5.56 Å². The third kappa shape index (κ3) is 35.0. The van der Waals surface area contributed by atoms with Gasteiger partial charge in [-0.15, -0.1) is 0 Å². The molecule has 1 saturated heterocycles. The van der Waals surface area contributed by atoms with Crippen molar-refractivity contribution < 1.29 is 116 Å². The van der Waals surface area contributed by atoms with Gasteiger partial charge in [-0.3, -0.25) is 101 Å². The number of hydrogen-bond acceptors (Lipinski definition) is 23. The van der Waals surface area contributed by atoms with Gasteiger partial charge in [-0.1, -0.05) is 58.0 Å². The molecule has 0 aliphatic carbocycles. The summed E-state index contributed by atoms with van der Waals surface area (Å²) in [5.41, 5.74) is -0.0672. The lowest BCUT2D eigenvalue weighted by molar-refractivity contribution is -0.146. The number of likely N-dealkylation sites (tertiary alicyclic amines) is 1. The standard InChI is InChI=1S/C83H135N21O24/c1-42(2)38-49(61(114)98-83(22,23)74(128)104-37-27-30-52(104)63(116)94-57(43(3)4)64(117)99-81(18,19)72(126)101-76(8,9)67(121)91-46(31-34-53(84)107)58(111)89-48(65(118)119)33-36-55(86)109)90-59(112)51(41-105)93-69(123)78(12,13)102-73(127)82(20,21)103-71(125)79(14,15)96-60(113)47(32-35-54(85)108)92-68(122)77(10,11)100-70(124)80(16,17)97-62(115)50(39-45-28-25-24-26-29-45)88-56(110)40-87-66(120)75(6,7)95-44(5)106/h24-26,28-29,42-43,46-52,57,105H,27,30-41H2,1-23H3,(H2,84,107)(H2,85,108)(H2,86,109)(H,87,120)(H,88,110)(H,89,111)(H,90,112)(H,91,121)(H,92,122)(H,93,123)(H,94,116)(H,95,106)(H,96,113)(H,97,115)(H,98,114)(H,99,117)(H,100,124)(H,101,126)(H,102,127)(H,103,125)(H,118,119)/t46-,47-,48-,49-,50-,51-,52-,57-/m0/s1. The minimum atomic E-state index is -1.96. The van der Waals surface area contributed by atoms with Crippen LogP contribution < -0.4 is 108 Å². The highest BCUT2D eigenvalue weighted by Gasteiger charge is 2.48. The number of carboxylic acids is 1. The highest BCUT2D eigenvalue weighted by Crippen LogP contribution is 2.25. The molecule has 0 unspecified atom stereocenters. The second-order valence-electron chi connectivity index (χ2n) is 37.3. The van der Waals surface area contributed by atoms with Crippen molar-refractivity contribution in [2.45, 2.75) is 322 Å². The number of rotatable bonds is 50. The van der Waals surface area contributed by atoms with E-state index in [1.165, 1.54) is 136 Å². The fraction of sp³-hybridized carbons (Fsp3) is 0.663. The maximum absolute atomic E-state index is 14.6. The number of benzene rings is 1. The van der Waals surface area contributed by atoms with Crippen molar-refractivity contribution in [3.63, 3.8) is 0 Å². The summed E-state index contributed by atoms with van der Waals surface area (Å²) in [7, 11) is 0. The van der Waals surface area contributed by atoms with Crippen molar-refractivity contribution >= 4 is 130 Å². The van der Waals surface area contributed by atoms with E-state index in [9.17, 15) is 116 Å². The van der Waals surface area contributed by atoms with Crippen LogP contribution in [0.4, 0.5) is 0 Å². The van der Waals surface area contributed by atoms with Crippen LogP contribution in [0.25, 0.3) is 0 Å². The van der Waals surface area contributed by atoms with Crippen LogP contribution >= 0.6 is 0 Å². The Morgan fingerprint density at radius 2 is 0.750 bits per heavy atom. The minimum absolute atomic E-state index is 0.00353. The smallest absolute Gasteiger partial charge is 0.326 e. The van der Waals surface area contributed by atoms with E-state index in [-0.39, 0.29) is 38.1 Å².